The van der Waals surface area contributed by atoms with Gasteiger partial charge in [-0.25, -0.2) is 4.79 Å². The van der Waals surface area contributed by atoms with E-state index < -0.39 is 6.03 Å². The molecule has 0 aliphatic rings. The molecule has 1 atom stereocenters. The molecule has 6 heteroatoms. The second kappa shape index (κ2) is 7.47. The fourth-order valence-electron chi connectivity index (χ4n) is 1.53. The Morgan fingerprint density at radius 2 is 1.81 bits per heavy atom. The van der Waals surface area contributed by atoms with Gasteiger partial charge in [-0.2, -0.15) is 0 Å². The molecule has 5 nitrogen and oxygen atoms in total. The topological polar surface area (TPSA) is 84.2 Å². The first kappa shape index (κ1) is 17.5. The van der Waals surface area contributed by atoms with Gasteiger partial charge in [-0.05, 0) is 45.4 Å². The summed E-state index contributed by atoms with van der Waals surface area (Å²) in [4.78, 5) is 23.2. The molecule has 21 heavy (non-hydrogen) atoms. The predicted octanol–water partition coefficient (Wildman–Crippen LogP) is 2.25. The number of rotatable bonds is 5. The Hall–Kier alpha value is -1.53. The van der Waals surface area contributed by atoms with Gasteiger partial charge in [0.15, 0.2) is 0 Å². The lowest BCUT2D eigenvalue weighted by Gasteiger charge is -2.20. The summed E-state index contributed by atoms with van der Waals surface area (Å²) in [6, 6.07) is 7.17. The maximum absolute atomic E-state index is 11.6. The molecule has 0 bridgehead atoms. The second-order valence-electron chi connectivity index (χ2n) is 5.86. The summed E-state index contributed by atoms with van der Waals surface area (Å²) >= 11 is 1.39. The zero-order valence-electron chi connectivity index (χ0n) is 12.9. The highest BCUT2D eigenvalue weighted by atomic mass is 32.2. The van der Waals surface area contributed by atoms with Crippen LogP contribution in [-0.4, -0.2) is 22.7 Å². The van der Waals surface area contributed by atoms with E-state index in [2.05, 4.69) is 31.4 Å². The summed E-state index contributed by atoms with van der Waals surface area (Å²) in [5.41, 5.74) is 6.19. The van der Waals surface area contributed by atoms with Gasteiger partial charge in [0.1, 0.15) is 0 Å². The van der Waals surface area contributed by atoms with Gasteiger partial charge >= 0.3 is 6.03 Å². The van der Waals surface area contributed by atoms with Crippen molar-refractivity contribution < 1.29 is 9.59 Å². The lowest BCUT2D eigenvalue weighted by atomic mass is 10.1. The second-order valence-corrected chi connectivity index (χ2v) is 7.28. The Kier molecular flexibility index (Phi) is 6.23. The lowest BCUT2D eigenvalue weighted by Crippen LogP contribution is -2.39. The molecule has 0 aliphatic heterocycles. The number of urea groups is 1. The molecular formula is C15H23N3O2S. The number of hydrogen-bond donors (Lipinski definition) is 3. The minimum Gasteiger partial charge on any atom is -0.351 e. The van der Waals surface area contributed by atoms with Crippen LogP contribution in [0, 0.1) is 0 Å². The molecule has 1 aromatic carbocycles. The number of primary amides is 1. The summed E-state index contributed by atoms with van der Waals surface area (Å²) in [5.74, 6) is -0.383. The van der Waals surface area contributed by atoms with E-state index in [-0.39, 0.29) is 16.7 Å². The largest absolute Gasteiger partial charge is 0.351 e. The van der Waals surface area contributed by atoms with Crippen LogP contribution in [0.15, 0.2) is 29.2 Å². The molecule has 1 rings (SSSR count). The van der Waals surface area contributed by atoms with Crippen molar-refractivity contribution in [1.29, 1.82) is 0 Å². The SMILES string of the molecule is CC(Sc1ccc(CNC(C)(C)C)cc1)C(=O)NC(N)=O. The number of hydrogen-bond acceptors (Lipinski definition) is 4. The zero-order valence-corrected chi connectivity index (χ0v) is 13.7. The fraction of sp³-hybridized carbons (Fsp3) is 0.467. The Balaban J connectivity index is 2.54. The van der Waals surface area contributed by atoms with Gasteiger partial charge in [0, 0.05) is 17.0 Å². The monoisotopic (exact) mass is 309 g/mol. The summed E-state index contributed by atoms with van der Waals surface area (Å²) in [7, 11) is 0. The van der Waals surface area contributed by atoms with Crippen LogP contribution in [0.25, 0.3) is 0 Å². The van der Waals surface area contributed by atoms with Gasteiger partial charge in [0.2, 0.25) is 5.91 Å². The zero-order chi connectivity index (χ0) is 16.0. The Morgan fingerprint density at radius 1 is 1.24 bits per heavy atom. The van der Waals surface area contributed by atoms with E-state index in [4.69, 9.17) is 5.73 Å². The third-order valence-corrected chi connectivity index (χ3v) is 3.79. The Morgan fingerprint density at radius 3 is 2.29 bits per heavy atom. The van der Waals surface area contributed by atoms with Crippen LogP contribution in [0.4, 0.5) is 4.79 Å². The first-order chi connectivity index (χ1) is 9.67. The van der Waals surface area contributed by atoms with Crippen molar-refractivity contribution in [2.45, 2.75) is 49.9 Å². The fourth-order valence-corrected chi connectivity index (χ4v) is 2.40. The van der Waals surface area contributed by atoms with E-state index in [0.29, 0.717) is 0 Å². The van der Waals surface area contributed by atoms with E-state index in [1.165, 1.54) is 17.3 Å². The molecule has 0 radical (unpaired) electrons. The average molecular weight is 309 g/mol. The van der Waals surface area contributed by atoms with Gasteiger partial charge in [-0.3, -0.25) is 10.1 Å². The molecule has 3 amide bonds. The van der Waals surface area contributed by atoms with Gasteiger partial charge in [0.25, 0.3) is 0 Å². The molecule has 1 aromatic rings. The van der Waals surface area contributed by atoms with Gasteiger partial charge in [0.05, 0.1) is 5.25 Å². The highest BCUT2D eigenvalue weighted by molar-refractivity contribution is 8.00. The van der Waals surface area contributed by atoms with Crippen molar-refractivity contribution in [3.63, 3.8) is 0 Å². The molecule has 116 valence electrons. The summed E-state index contributed by atoms with van der Waals surface area (Å²) < 4.78 is 0. The van der Waals surface area contributed by atoms with Crippen molar-refractivity contribution in [1.82, 2.24) is 10.6 Å². The number of carbonyl (C=O) groups is 2. The van der Waals surface area contributed by atoms with Crippen LogP contribution in [0.1, 0.15) is 33.3 Å². The van der Waals surface area contributed by atoms with Crippen LogP contribution in [0.5, 0.6) is 0 Å². The minimum atomic E-state index is -0.823. The van der Waals surface area contributed by atoms with Gasteiger partial charge < -0.3 is 11.1 Å². The van der Waals surface area contributed by atoms with E-state index in [1.807, 2.05) is 24.3 Å². The molecule has 0 aromatic heterocycles. The molecule has 0 spiro atoms. The third kappa shape index (κ3) is 7.15. The smallest absolute Gasteiger partial charge is 0.318 e. The normalized spacial score (nSPS) is 12.8. The molecule has 0 saturated carbocycles. The Labute approximate surface area is 130 Å². The summed E-state index contributed by atoms with van der Waals surface area (Å²) in [6.45, 7) is 8.90. The number of nitrogens with two attached hydrogens (primary N) is 1. The maximum Gasteiger partial charge on any atom is 0.318 e. The van der Waals surface area contributed by atoms with Crippen LogP contribution < -0.4 is 16.4 Å². The van der Waals surface area contributed by atoms with E-state index >= 15 is 0 Å². The molecule has 0 saturated heterocycles. The average Bonchev–Trinajstić information content (AvgIpc) is 2.36. The number of amides is 3. The minimum absolute atomic E-state index is 0.0782. The van der Waals surface area contributed by atoms with Gasteiger partial charge in [-0.1, -0.05) is 12.1 Å². The van der Waals surface area contributed by atoms with Crippen LogP contribution >= 0.6 is 11.8 Å². The number of benzene rings is 1. The first-order valence-corrected chi connectivity index (χ1v) is 7.66. The molecule has 0 fully saturated rings. The van der Waals surface area contributed by atoms with E-state index in [1.54, 1.807) is 6.92 Å². The highest BCUT2D eigenvalue weighted by Crippen LogP contribution is 2.23. The lowest BCUT2D eigenvalue weighted by molar-refractivity contribution is -0.119. The predicted molar refractivity (Wildman–Crippen MR) is 86.1 cm³/mol. The molecule has 4 N–H and O–H groups in total. The molecular weight excluding hydrogens is 286 g/mol. The summed E-state index contributed by atoms with van der Waals surface area (Å²) in [6.07, 6.45) is 0. The van der Waals surface area contributed by atoms with Crippen molar-refractivity contribution >= 4 is 23.7 Å². The first-order valence-electron chi connectivity index (χ1n) is 6.78. The standard InChI is InChI=1S/C15H23N3O2S/c1-10(13(19)18-14(16)20)21-12-7-5-11(6-8-12)9-17-15(2,3)4/h5-8,10,17H,9H2,1-4H3,(H3,16,18,19,20). The quantitative estimate of drug-likeness (QED) is 0.728. The van der Waals surface area contributed by atoms with Gasteiger partial charge in [-0.15, -0.1) is 11.8 Å². The van der Waals surface area contributed by atoms with Crippen molar-refractivity contribution in [3.8, 4) is 0 Å². The van der Waals surface area contributed by atoms with Crippen LogP contribution in [0.3, 0.4) is 0 Å². The van der Waals surface area contributed by atoms with Crippen LogP contribution in [0.2, 0.25) is 0 Å². The molecule has 0 aliphatic carbocycles. The number of nitrogens with one attached hydrogen (secondary N) is 2. The third-order valence-electron chi connectivity index (χ3n) is 2.67. The maximum atomic E-state index is 11.6. The van der Waals surface area contributed by atoms with Crippen molar-refractivity contribution in [2.75, 3.05) is 0 Å². The molecule has 1 unspecified atom stereocenters. The summed E-state index contributed by atoms with van der Waals surface area (Å²) in [5, 5.41) is 5.12. The van der Waals surface area contributed by atoms with Crippen molar-refractivity contribution in [3.05, 3.63) is 29.8 Å². The number of carbonyl (C=O) groups excluding carboxylic acids is 2. The van der Waals surface area contributed by atoms with Crippen molar-refractivity contribution in [2.24, 2.45) is 5.73 Å². The Bertz CT molecular complexity index is 495. The van der Waals surface area contributed by atoms with E-state index in [0.717, 1.165) is 11.4 Å². The highest BCUT2D eigenvalue weighted by Gasteiger charge is 2.15. The van der Waals surface area contributed by atoms with Crippen LogP contribution in [-0.2, 0) is 11.3 Å². The molecule has 0 heterocycles. The number of thioether (sulfide) groups is 1. The number of imide groups is 1. The van der Waals surface area contributed by atoms with E-state index in [9.17, 15) is 9.59 Å².